The minimum atomic E-state index is -4.50. The minimum absolute atomic E-state index is 0. The summed E-state index contributed by atoms with van der Waals surface area (Å²) in [5, 5.41) is 2.89. The zero-order valence-electron chi connectivity index (χ0n) is 8.85. The summed E-state index contributed by atoms with van der Waals surface area (Å²) in [5.41, 5.74) is -1.11. The van der Waals surface area contributed by atoms with Gasteiger partial charge in [-0.05, 0) is 31.5 Å². The number of alkyl halides is 3. The number of benzene rings is 1. The molecule has 1 heterocycles. The summed E-state index contributed by atoms with van der Waals surface area (Å²) < 4.78 is 51.6. The number of hydrogen-bond donors (Lipinski definition) is 1. The van der Waals surface area contributed by atoms with Gasteiger partial charge in [-0.1, -0.05) is 6.07 Å². The zero-order chi connectivity index (χ0) is 11.8. The maximum Gasteiger partial charge on any atom is 0.416 e. The second-order valence-corrected chi connectivity index (χ2v) is 3.85. The molecule has 0 radical (unpaired) electrons. The highest BCUT2D eigenvalue weighted by molar-refractivity contribution is 5.85. The molecule has 1 fully saturated rings. The van der Waals surface area contributed by atoms with E-state index in [1.54, 1.807) is 0 Å². The Morgan fingerprint density at radius 1 is 1.24 bits per heavy atom. The number of rotatable bonds is 1. The summed E-state index contributed by atoms with van der Waals surface area (Å²) in [6, 6.07) is 2.58. The first-order valence-corrected chi connectivity index (χ1v) is 5.09. The van der Waals surface area contributed by atoms with Crippen LogP contribution in [0.5, 0.6) is 0 Å². The molecule has 1 aliphatic rings. The van der Waals surface area contributed by atoms with Crippen LogP contribution in [-0.4, -0.2) is 6.54 Å². The molecule has 2 rings (SSSR count). The van der Waals surface area contributed by atoms with E-state index in [0.717, 1.165) is 24.6 Å². The van der Waals surface area contributed by atoms with Gasteiger partial charge in [0.1, 0.15) is 5.82 Å². The Balaban J connectivity index is 0.00000144. The summed E-state index contributed by atoms with van der Waals surface area (Å²) in [7, 11) is 0. The molecule has 1 saturated heterocycles. The molecule has 1 aromatic carbocycles. The molecule has 6 heteroatoms. The number of hydrogen-bond acceptors (Lipinski definition) is 1. The van der Waals surface area contributed by atoms with Crippen molar-refractivity contribution in [3.8, 4) is 0 Å². The third-order valence-electron chi connectivity index (χ3n) is 2.77. The quantitative estimate of drug-likeness (QED) is 0.767. The van der Waals surface area contributed by atoms with Gasteiger partial charge in [-0.2, -0.15) is 13.2 Å². The average Bonchev–Trinajstić information content (AvgIpc) is 2.68. The van der Waals surface area contributed by atoms with Crippen LogP contribution in [0.2, 0.25) is 0 Å². The van der Waals surface area contributed by atoms with Crippen molar-refractivity contribution in [1.29, 1.82) is 0 Å². The lowest BCUT2D eigenvalue weighted by Crippen LogP contribution is -2.20. The molecule has 0 bridgehead atoms. The Hall–Kier alpha value is -0.810. The molecule has 0 aliphatic carbocycles. The molecule has 1 N–H and O–H groups in total. The van der Waals surface area contributed by atoms with Crippen molar-refractivity contribution in [2.45, 2.75) is 25.1 Å². The maximum atomic E-state index is 13.5. The van der Waals surface area contributed by atoms with Crippen molar-refractivity contribution in [1.82, 2.24) is 5.32 Å². The van der Waals surface area contributed by atoms with Gasteiger partial charge in [0.05, 0.1) is 5.56 Å². The molecule has 96 valence electrons. The summed E-state index contributed by atoms with van der Waals surface area (Å²) in [6.45, 7) is 0.635. The lowest BCUT2D eigenvalue weighted by molar-refractivity contribution is -0.138. The van der Waals surface area contributed by atoms with E-state index in [0.29, 0.717) is 13.0 Å². The van der Waals surface area contributed by atoms with Gasteiger partial charge in [0.2, 0.25) is 0 Å². The van der Waals surface area contributed by atoms with Crippen molar-refractivity contribution in [3.63, 3.8) is 0 Å². The van der Waals surface area contributed by atoms with Gasteiger partial charge in [-0.3, -0.25) is 0 Å². The topological polar surface area (TPSA) is 12.0 Å². The van der Waals surface area contributed by atoms with E-state index in [2.05, 4.69) is 5.32 Å². The first kappa shape index (κ1) is 14.3. The standard InChI is InChI=1S/C11H11F4N.ClH/c12-8-4-1-3-7(11(13,14)15)10(8)9-5-2-6-16-9;/h1,3-4,9,16H,2,5-6H2;1H/t9-;/m0./s1. The summed E-state index contributed by atoms with van der Waals surface area (Å²) in [4.78, 5) is 0. The van der Waals surface area contributed by atoms with Crippen LogP contribution in [-0.2, 0) is 6.18 Å². The summed E-state index contributed by atoms with van der Waals surface area (Å²) in [5.74, 6) is -0.783. The SMILES string of the molecule is Cl.Fc1cccc(C(F)(F)F)c1[C@@H]1CCCN1. The third-order valence-corrected chi connectivity index (χ3v) is 2.77. The Bertz CT molecular complexity index is 386. The lowest BCUT2D eigenvalue weighted by Gasteiger charge is -2.18. The van der Waals surface area contributed by atoms with Gasteiger partial charge in [0, 0.05) is 11.6 Å². The monoisotopic (exact) mass is 269 g/mol. The summed E-state index contributed by atoms with van der Waals surface area (Å²) in [6.07, 6.45) is -3.18. The fraction of sp³-hybridized carbons (Fsp3) is 0.455. The molecule has 0 saturated carbocycles. The normalized spacial score (nSPS) is 20.1. The molecule has 1 aliphatic heterocycles. The van der Waals surface area contributed by atoms with Crippen molar-refractivity contribution >= 4 is 12.4 Å². The second kappa shape index (κ2) is 5.23. The van der Waals surface area contributed by atoms with Crippen LogP contribution in [0.25, 0.3) is 0 Å². The number of halogens is 5. The molecule has 0 amide bonds. The molecular formula is C11H12ClF4N. The predicted octanol–water partition coefficient (Wildman–Crippen LogP) is 3.69. The average molecular weight is 270 g/mol. The van der Waals surface area contributed by atoms with Gasteiger partial charge in [-0.15, -0.1) is 12.4 Å². The highest BCUT2D eigenvalue weighted by atomic mass is 35.5. The van der Waals surface area contributed by atoms with Crippen LogP contribution in [0.1, 0.15) is 30.0 Å². The van der Waals surface area contributed by atoms with Gasteiger partial charge in [-0.25, -0.2) is 4.39 Å². The van der Waals surface area contributed by atoms with E-state index in [9.17, 15) is 17.6 Å². The van der Waals surface area contributed by atoms with E-state index < -0.39 is 23.6 Å². The fourth-order valence-electron chi connectivity index (χ4n) is 2.07. The molecule has 1 aromatic rings. The highest BCUT2D eigenvalue weighted by Crippen LogP contribution is 2.38. The van der Waals surface area contributed by atoms with Gasteiger partial charge < -0.3 is 5.32 Å². The second-order valence-electron chi connectivity index (χ2n) is 3.85. The first-order valence-electron chi connectivity index (χ1n) is 5.09. The van der Waals surface area contributed by atoms with Crippen molar-refractivity contribution in [3.05, 3.63) is 35.1 Å². The molecule has 0 aromatic heterocycles. The van der Waals surface area contributed by atoms with Crippen molar-refractivity contribution in [2.75, 3.05) is 6.54 Å². The van der Waals surface area contributed by atoms with Crippen LogP contribution in [0, 0.1) is 5.82 Å². The van der Waals surface area contributed by atoms with E-state index in [1.807, 2.05) is 0 Å². The molecule has 1 atom stereocenters. The van der Waals surface area contributed by atoms with Gasteiger partial charge in [0.15, 0.2) is 0 Å². The molecular weight excluding hydrogens is 258 g/mol. The zero-order valence-corrected chi connectivity index (χ0v) is 9.67. The highest BCUT2D eigenvalue weighted by Gasteiger charge is 2.37. The van der Waals surface area contributed by atoms with Crippen LogP contribution in [0.3, 0.4) is 0 Å². The molecule has 17 heavy (non-hydrogen) atoms. The fourth-order valence-corrected chi connectivity index (χ4v) is 2.07. The summed E-state index contributed by atoms with van der Waals surface area (Å²) >= 11 is 0. The van der Waals surface area contributed by atoms with Crippen molar-refractivity contribution in [2.24, 2.45) is 0 Å². The van der Waals surface area contributed by atoms with E-state index in [4.69, 9.17) is 0 Å². The van der Waals surface area contributed by atoms with Crippen LogP contribution in [0.15, 0.2) is 18.2 Å². The van der Waals surface area contributed by atoms with E-state index in [1.165, 1.54) is 0 Å². The lowest BCUT2D eigenvalue weighted by atomic mass is 9.98. The molecule has 1 nitrogen and oxygen atoms in total. The van der Waals surface area contributed by atoms with Crippen LogP contribution < -0.4 is 5.32 Å². The van der Waals surface area contributed by atoms with Gasteiger partial charge >= 0.3 is 6.18 Å². The van der Waals surface area contributed by atoms with E-state index >= 15 is 0 Å². The molecule has 0 unspecified atom stereocenters. The predicted molar refractivity (Wildman–Crippen MR) is 58.6 cm³/mol. The maximum absolute atomic E-state index is 13.5. The molecule has 0 spiro atoms. The minimum Gasteiger partial charge on any atom is -0.310 e. The Morgan fingerprint density at radius 2 is 1.94 bits per heavy atom. The Morgan fingerprint density at radius 3 is 2.47 bits per heavy atom. The van der Waals surface area contributed by atoms with Gasteiger partial charge in [0.25, 0.3) is 0 Å². The van der Waals surface area contributed by atoms with Crippen molar-refractivity contribution < 1.29 is 17.6 Å². The number of nitrogens with one attached hydrogen (secondary N) is 1. The Kier molecular flexibility index (Phi) is 4.38. The van der Waals surface area contributed by atoms with Crippen LogP contribution >= 0.6 is 12.4 Å². The van der Waals surface area contributed by atoms with E-state index in [-0.39, 0.29) is 18.0 Å². The third kappa shape index (κ3) is 2.90. The first-order chi connectivity index (χ1) is 7.50. The Labute approximate surface area is 103 Å². The largest absolute Gasteiger partial charge is 0.416 e. The smallest absolute Gasteiger partial charge is 0.310 e. The van der Waals surface area contributed by atoms with Crippen LogP contribution in [0.4, 0.5) is 17.6 Å².